The molecule has 7 heteroatoms. The number of thiophene rings is 2. The molecule has 0 bridgehead atoms. The number of hydrogen-bond acceptors (Lipinski definition) is 6. The molecular formula is C22H14N2O2S3. The van der Waals surface area contributed by atoms with Crippen molar-refractivity contribution in [2.24, 2.45) is 0 Å². The Morgan fingerprint density at radius 1 is 1.07 bits per heavy atom. The molecule has 0 amide bonds. The minimum atomic E-state index is -0.952. The van der Waals surface area contributed by atoms with Gasteiger partial charge in [-0.1, -0.05) is 24.3 Å². The van der Waals surface area contributed by atoms with Crippen molar-refractivity contribution in [1.29, 1.82) is 5.26 Å². The number of nitrogens with zero attached hydrogens (tertiary/aromatic N) is 2. The van der Waals surface area contributed by atoms with E-state index in [0.29, 0.717) is 16.3 Å². The summed E-state index contributed by atoms with van der Waals surface area (Å²) in [6.07, 6.45) is 0. The number of pyridine rings is 1. The first-order valence-electron chi connectivity index (χ1n) is 8.63. The maximum atomic E-state index is 11.2. The number of rotatable bonds is 6. The molecule has 142 valence electrons. The molecule has 29 heavy (non-hydrogen) atoms. The molecule has 4 nitrogen and oxygen atoms in total. The Morgan fingerprint density at radius 2 is 1.83 bits per heavy atom. The number of carboxylic acid groups (broad SMARTS) is 1. The molecular weight excluding hydrogens is 420 g/mol. The predicted molar refractivity (Wildman–Crippen MR) is 119 cm³/mol. The summed E-state index contributed by atoms with van der Waals surface area (Å²) in [5.41, 5.74) is 3.39. The highest BCUT2D eigenvalue weighted by atomic mass is 32.2. The van der Waals surface area contributed by atoms with E-state index in [0.717, 1.165) is 26.6 Å². The SMILES string of the molecule is N#Cc1c(-c2cccs2)cc(-c2cccs2)nc1SCc1cccc(C(=O)O)c1. The van der Waals surface area contributed by atoms with E-state index in [1.807, 2.05) is 47.2 Å². The maximum absolute atomic E-state index is 11.2. The van der Waals surface area contributed by atoms with Gasteiger partial charge in [-0.2, -0.15) is 5.26 Å². The normalized spacial score (nSPS) is 10.6. The van der Waals surface area contributed by atoms with Crippen molar-refractivity contribution in [2.45, 2.75) is 10.8 Å². The third-order valence-corrected chi connectivity index (χ3v) is 7.05. The first-order chi connectivity index (χ1) is 14.2. The molecule has 4 rings (SSSR count). The quantitative estimate of drug-likeness (QED) is 0.355. The Balaban J connectivity index is 1.74. The van der Waals surface area contributed by atoms with Crippen LogP contribution in [0, 0.1) is 11.3 Å². The molecule has 0 aliphatic heterocycles. The topological polar surface area (TPSA) is 74.0 Å². The molecule has 0 fully saturated rings. The Morgan fingerprint density at radius 3 is 2.48 bits per heavy atom. The average Bonchev–Trinajstić information content (AvgIpc) is 3.46. The third kappa shape index (κ3) is 4.25. The second kappa shape index (κ2) is 8.62. The fourth-order valence-corrected chi connectivity index (χ4v) is 5.24. The van der Waals surface area contributed by atoms with Crippen LogP contribution in [0.25, 0.3) is 21.0 Å². The van der Waals surface area contributed by atoms with Crippen molar-refractivity contribution >= 4 is 40.4 Å². The van der Waals surface area contributed by atoms with E-state index in [-0.39, 0.29) is 5.56 Å². The highest BCUT2D eigenvalue weighted by Crippen LogP contribution is 2.37. The molecule has 0 saturated carbocycles. The number of benzene rings is 1. The van der Waals surface area contributed by atoms with Crippen molar-refractivity contribution in [1.82, 2.24) is 4.98 Å². The Kier molecular flexibility index (Phi) is 5.76. The van der Waals surface area contributed by atoms with E-state index in [1.54, 1.807) is 40.9 Å². The lowest BCUT2D eigenvalue weighted by Crippen LogP contribution is -1.97. The van der Waals surface area contributed by atoms with Crippen LogP contribution >= 0.6 is 34.4 Å². The summed E-state index contributed by atoms with van der Waals surface area (Å²) in [5.74, 6) is -0.423. The summed E-state index contributed by atoms with van der Waals surface area (Å²) in [5, 5.41) is 23.7. The largest absolute Gasteiger partial charge is 0.478 e. The first kappa shape index (κ1) is 19.4. The van der Waals surface area contributed by atoms with Gasteiger partial charge in [0.05, 0.1) is 21.7 Å². The fourth-order valence-electron chi connectivity index (χ4n) is 2.86. The van der Waals surface area contributed by atoms with Crippen molar-refractivity contribution in [3.8, 4) is 27.1 Å². The third-order valence-electron chi connectivity index (χ3n) is 4.21. The van der Waals surface area contributed by atoms with E-state index in [2.05, 4.69) is 6.07 Å². The van der Waals surface area contributed by atoms with E-state index < -0.39 is 5.97 Å². The Labute approximate surface area is 180 Å². The first-order valence-corrected chi connectivity index (χ1v) is 11.4. The molecule has 1 aromatic carbocycles. The van der Waals surface area contributed by atoms with Crippen LogP contribution in [0.5, 0.6) is 0 Å². The van der Waals surface area contributed by atoms with Crippen molar-refractivity contribution in [2.75, 3.05) is 0 Å². The molecule has 0 radical (unpaired) electrons. The number of aromatic carboxylic acids is 1. The van der Waals surface area contributed by atoms with Crippen LogP contribution in [-0.2, 0) is 5.75 Å². The van der Waals surface area contributed by atoms with Crippen LogP contribution in [0.4, 0.5) is 0 Å². The smallest absolute Gasteiger partial charge is 0.335 e. The molecule has 0 atom stereocenters. The van der Waals surface area contributed by atoms with Crippen LogP contribution < -0.4 is 0 Å². The summed E-state index contributed by atoms with van der Waals surface area (Å²) in [7, 11) is 0. The molecule has 0 spiro atoms. The Hall–Kier alpha value is -2.92. The van der Waals surface area contributed by atoms with E-state index in [4.69, 9.17) is 4.98 Å². The zero-order valence-corrected chi connectivity index (χ0v) is 17.5. The molecule has 1 N–H and O–H groups in total. The van der Waals surface area contributed by atoms with Gasteiger partial charge in [0.1, 0.15) is 11.1 Å². The summed E-state index contributed by atoms with van der Waals surface area (Å²) in [6.45, 7) is 0. The monoisotopic (exact) mass is 434 g/mol. The second-order valence-corrected chi connectivity index (χ2v) is 8.96. The summed E-state index contributed by atoms with van der Waals surface area (Å²) >= 11 is 4.65. The number of nitriles is 1. The number of hydrogen-bond donors (Lipinski definition) is 1. The number of thioether (sulfide) groups is 1. The molecule has 0 unspecified atom stereocenters. The molecule has 0 aliphatic carbocycles. The van der Waals surface area contributed by atoms with Gasteiger partial charge < -0.3 is 5.11 Å². The zero-order chi connectivity index (χ0) is 20.2. The van der Waals surface area contributed by atoms with E-state index in [9.17, 15) is 15.2 Å². The van der Waals surface area contributed by atoms with Gasteiger partial charge in [0.25, 0.3) is 0 Å². The lowest BCUT2D eigenvalue weighted by atomic mass is 10.1. The van der Waals surface area contributed by atoms with Crippen molar-refractivity contribution < 1.29 is 9.90 Å². The predicted octanol–water partition coefficient (Wildman–Crippen LogP) is 6.40. The molecule has 3 aromatic heterocycles. The van der Waals surface area contributed by atoms with Crippen molar-refractivity contribution in [3.63, 3.8) is 0 Å². The summed E-state index contributed by atoms with van der Waals surface area (Å²) in [4.78, 5) is 18.1. The average molecular weight is 435 g/mol. The van der Waals surface area contributed by atoms with Crippen molar-refractivity contribution in [3.05, 3.63) is 82.0 Å². The van der Waals surface area contributed by atoms with Gasteiger partial charge in [0.15, 0.2) is 0 Å². The van der Waals surface area contributed by atoms with Gasteiger partial charge in [-0.05, 0) is 46.7 Å². The number of carboxylic acids is 1. The summed E-state index contributed by atoms with van der Waals surface area (Å²) < 4.78 is 0. The zero-order valence-electron chi connectivity index (χ0n) is 15.0. The highest BCUT2D eigenvalue weighted by molar-refractivity contribution is 7.98. The minimum Gasteiger partial charge on any atom is -0.478 e. The number of aromatic nitrogens is 1. The maximum Gasteiger partial charge on any atom is 0.335 e. The van der Waals surface area contributed by atoms with Crippen LogP contribution in [0.1, 0.15) is 21.5 Å². The highest BCUT2D eigenvalue weighted by Gasteiger charge is 2.17. The lowest BCUT2D eigenvalue weighted by Gasteiger charge is -2.11. The molecule has 4 aromatic rings. The van der Waals surface area contributed by atoms with Crippen LogP contribution in [0.3, 0.4) is 0 Å². The van der Waals surface area contributed by atoms with Gasteiger partial charge >= 0.3 is 5.97 Å². The standard InChI is InChI=1S/C22H14N2O2S3/c23-12-17-16(19-6-2-8-27-19)11-18(20-7-3-9-28-20)24-21(17)29-13-14-4-1-5-15(10-14)22(25)26/h1-11H,13H2,(H,25,26). The second-order valence-electron chi connectivity index (χ2n) is 6.10. The van der Waals surface area contributed by atoms with Gasteiger partial charge in [0, 0.05) is 16.2 Å². The summed E-state index contributed by atoms with van der Waals surface area (Å²) in [6, 6.07) is 19.1. The van der Waals surface area contributed by atoms with Crippen LogP contribution in [0.15, 0.2) is 70.4 Å². The van der Waals surface area contributed by atoms with Gasteiger partial charge in [0.2, 0.25) is 0 Å². The van der Waals surface area contributed by atoms with E-state index >= 15 is 0 Å². The van der Waals surface area contributed by atoms with Crippen LogP contribution in [0.2, 0.25) is 0 Å². The van der Waals surface area contributed by atoms with Gasteiger partial charge in [-0.25, -0.2) is 9.78 Å². The van der Waals surface area contributed by atoms with Crippen LogP contribution in [-0.4, -0.2) is 16.1 Å². The molecule has 0 aliphatic rings. The Bertz CT molecular complexity index is 1190. The van der Waals surface area contributed by atoms with E-state index in [1.165, 1.54) is 11.8 Å². The fraction of sp³-hybridized carbons (Fsp3) is 0.0455. The molecule has 0 saturated heterocycles. The molecule has 3 heterocycles. The lowest BCUT2D eigenvalue weighted by molar-refractivity contribution is 0.0697. The van der Waals surface area contributed by atoms with Gasteiger partial charge in [-0.3, -0.25) is 0 Å². The minimum absolute atomic E-state index is 0.253. The van der Waals surface area contributed by atoms with Gasteiger partial charge in [-0.15, -0.1) is 34.4 Å². The number of carbonyl (C=O) groups is 1.